The van der Waals surface area contributed by atoms with Gasteiger partial charge in [0, 0.05) is 30.3 Å². The van der Waals surface area contributed by atoms with E-state index in [2.05, 4.69) is 22.6 Å². The number of thiophene rings is 1. The maximum Gasteiger partial charge on any atom is 0.255 e. The minimum atomic E-state index is 0.0840. The van der Waals surface area contributed by atoms with Gasteiger partial charge in [-0.2, -0.15) is 0 Å². The number of amides is 1. The van der Waals surface area contributed by atoms with Crippen LogP contribution in [0.15, 0.2) is 11.4 Å². The van der Waals surface area contributed by atoms with Crippen LogP contribution in [0.3, 0.4) is 0 Å². The van der Waals surface area contributed by atoms with Gasteiger partial charge in [-0.05, 0) is 60.8 Å². The average molecular weight is 417 g/mol. The first-order valence-electron chi connectivity index (χ1n) is 7.74. The molecule has 3 rings (SSSR count). The van der Waals surface area contributed by atoms with Crippen LogP contribution in [0.25, 0.3) is 0 Å². The van der Waals surface area contributed by atoms with Gasteiger partial charge in [-0.15, -0.1) is 11.3 Å². The average Bonchev–Trinajstić information content (AvgIpc) is 2.94. The molecule has 0 spiro atoms. The van der Waals surface area contributed by atoms with E-state index < -0.39 is 0 Å². The zero-order valence-corrected chi connectivity index (χ0v) is 15.0. The van der Waals surface area contributed by atoms with Gasteiger partial charge in [0.1, 0.15) is 5.78 Å². The standard InChI is InChI=1S/C16H20INO2S/c17-15-9-11(10-21-15)16(20)18-8-4-3-6-13(18)12-5-1-2-7-14(12)19/h9-10,12-13H,1-8H2. The van der Waals surface area contributed by atoms with E-state index in [1.165, 1.54) is 0 Å². The molecule has 114 valence electrons. The normalized spacial score (nSPS) is 26.9. The fourth-order valence-electron chi connectivity index (χ4n) is 3.63. The Bertz CT molecular complexity index is 542. The fraction of sp³-hybridized carbons (Fsp3) is 0.625. The van der Waals surface area contributed by atoms with Crippen LogP contribution in [0.4, 0.5) is 0 Å². The molecule has 2 atom stereocenters. The molecule has 2 aliphatic rings. The summed E-state index contributed by atoms with van der Waals surface area (Å²) >= 11 is 3.86. The van der Waals surface area contributed by atoms with Crippen molar-refractivity contribution >= 4 is 45.6 Å². The lowest BCUT2D eigenvalue weighted by Gasteiger charge is -2.41. The molecule has 0 aromatic carbocycles. The Balaban J connectivity index is 1.80. The number of piperidine rings is 1. The lowest BCUT2D eigenvalue weighted by molar-refractivity contribution is -0.127. The van der Waals surface area contributed by atoms with E-state index in [1.807, 2.05) is 16.3 Å². The number of nitrogens with zero attached hydrogens (tertiary/aromatic N) is 1. The maximum atomic E-state index is 12.8. The molecule has 1 aliphatic heterocycles. The third-order valence-corrected chi connectivity index (χ3v) is 6.48. The van der Waals surface area contributed by atoms with Gasteiger partial charge in [0.2, 0.25) is 0 Å². The van der Waals surface area contributed by atoms with Crippen LogP contribution in [-0.4, -0.2) is 29.2 Å². The van der Waals surface area contributed by atoms with Crippen LogP contribution < -0.4 is 0 Å². The van der Waals surface area contributed by atoms with Gasteiger partial charge >= 0.3 is 0 Å². The SMILES string of the molecule is O=C1CCCCC1C1CCCCN1C(=O)c1csc(I)c1. The number of ketones is 1. The minimum Gasteiger partial charge on any atom is -0.335 e. The first kappa shape index (κ1) is 15.5. The van der Waals surface area contributed by atoms with Crippen molar-refractivity contribution in [2.75, 3.05) is 6.54 Å². The van der Waals surface area contributed by atoms with Crippen LogP contribution in [0.5, 0.6) is 0 Å². The van der Waals surface area contributed by atoms with Crippen LogP contribution in [-0.2, 0) is 4.79 Å². The van der Waals surface area contributed by atoms with Crippen LogP contribution in [0.2, 0.25) is 0 Å². The second-order valence-electron chi connectivity index (χ2n) is 6.02. The molecule has 1 saturated heterocycles. The predicted molar refractivity (Wildman–Crippen MR) is 92.7 cm³/mol. The summed E-state index contributed by atoms with van der Waals surface area (Å²) in [5, 5.41) is 1.94. The van der Waals surface area contributed by atoms with Gasteiger partial charge in [-0.25, -0.2) is 0 Å². The van der Waals surface area contributed by atoms with Gasteiger partial charge in [0.15, 0.2) is 0 Å². The molecular formula is C16H20INO2S. The number of halogens is 1. The first-order valence-corrected chi connectivity index (χ1v) is 9.70. The quantitative estimate of drug-likeness (QED) is 0.680. The monoisotopic (exact) mass is 417 g/mol. The van der Waals surface area contributed by atoms with Crippen LogP contribution >= 0.6 is 33.9 Å². The highest BCUT2D eigenvalue weighted by Gasteiger charge is 2.37. The summed E-state index contributed by atoms with van der Waals surface area (Å²) in [7, 11) is 0. The molecule has 2 unspecified atom stereocenters. The highest BCUT2D eigenvalue weighted by atomic mass is 127. The number of hydrogen-bond donors (Lipinski definition) is 0. The number of hydrogen-bond acceptors (Lipinski definition) is 3. The Kier molecular flexibility index (Phi) is 4.99. The zero-order chi connectivity index (χ0) is 14.8. The van der Waals surface area contributed by atoms with E-state index in [0.29, 0.717) is 12.2 Å². The summed E-state index contributed by atoms with van der Waals surface area (Å²) in [6.45, 7) is 0.805. The van der Waals surface area contributed by atoms with Crippen molar-refractivity contribution in [2.24, 2.45) is 5.92 Å². The van der Waals surface area contributed by atoms with E-state index in [4.69, 9.17) is 0 Å². The predicted octanol–water partition coefficient (Wildman–Crippen LogP) is 4.11. The third-order valence-electron chi connectivity index (χ3n) is 4.69. The van der Waals surface area contributed by atoms with Crippen molar-refractivity contribution in [2.45, 2.75) is 51.0 Å². The molecule has 3 nitrogen and oxygen atoms in total. The largest absolute Gasteiger partial charge is 0.335 e. The molecule has 1 aromatic rings. The van der Waals surface area contributed by atoms with Crippen LogP contribution in [0.1, 0.15) is 55.3 Å². The summed E-state index contributed by atoms with van der Waals surface area (Å²) in [5.41, 5.74) is 0.791. The van der Waals surface area contributed by atoms with Crippen molar-refractivity contribution in [1.82, 2.24) is 4.90 Å². The smallest absolute Gasteiger partial charge is 0.255 e. The summed E-state index contributed by atoms with van der Waals surface area (Å²) < 4.78 is 1.14. The molecule has 0 bridgehead atoms. The topological polar surface area (TPSA) is 37.4 Å². The summed E-state index contributed by atoms with van der Waals surface area (Å²) in [6, 6.07) is 2.10. The van der Waals surface area contributed by atoms with Crippen molar-refractivity contribution in [1.29, 1.82) is 0 Å². The second-order valence-corrected chi connectivity index (χ2v) is 8.83. The van der Waals surface area contributed by atoms with Crippen molar-refractivity contribution in [3.8, 4) is 0 Å². The van der Waals surface area contributed by atoms with Gasteiger partial charge in [-0.1, -0.05) is 6.42 Å². The Morgan fingerprint density at radius 2 is 2.05 bits per heavy atom. The highest BCUT2D eigenvalue weighted by Crippen LogP contribution is 2.33. The number of carbonyl (C=O) groups is 2. The van der Waals surface area contributed by atoms with E-state index in [0.717, 1.165) is 53.5 Å². The van der Waals surface area contributed by atoms with Gasteiger partial charge in [-0.3, -0.25) is 9.59 Å². The molecule has 1 aliphatic carbocycles. The lowest BCUT2D eigenvalue weighted by Crippen LogP contribution is -2.50. The van der Waals surface area contributed by atoms with E-state index >= 15 is 0 Å². The molecule has 21 heavy (non-hydrogen) atoms. The molecule has 1 amide bonds. The Hall–Kier alpha value is -0.430. The summed E-state index contributed by atoms with van der Waals surface area (Å²) in [5.74, 6) is 0.587. The van der Waals surface area contributed by atoms with Crippen molar-refractivity contribution in [3.63, 3.8) is 0 Å². The summed E-state index contributed by atoms with van der Waals surface area (Å²) in [4.78, 5) is 27.1. The van der Waals surface area contributed by atoms with E-state index in [1.54, 1.807) is 11.3 Å². The number of rotatable bonds is 2. The number of likely N-dealkylation sites (tertiary alicyclic amines) is 1. The summed E-state index contributed by atoms with van der Waals surface area (Å²) in [6.07, 6.45) is 7.02. The van der Waals surface area contributed by atoms with Gasteiger partial charge in [0.25, 0.3) is 5.91 Å². The second kappa shape index (κ2) is 6.77. The molecular weight excluding hydrogens is 397 g/mol. The Labute approximate surface area is 143 Å². The van der Waals surface area contributed by atoms with Crippen molar-refractivity contribution in [3.05, 3.63) is 19.9 Å². The molecule has 2 fully saturated rings. The molecule has 1 saturated carbocycles. The molecule has 1 aromatic heterocycles. The van der Waals surface area contributed by atoms with Gasteiger partial charge in [0.05, 0.1) is 8.45 Å². The molecule has 0 radical (unpaired) electrons. The number of carbonyl (C=O) groups excluding carboxylic acids is 2. The zero-order valence-electron chi connectivity index (χ0n) is 12.0. The van der Waals surface area contributed by atoms with E-state index in [9.17, 15) is 9.59 Å². The minimum absolute atomic E-state index is 0.0840. The molecule has 5 heteroatoms. The van der Waals surface area contributed by atoms with Crippen LogP contribution in [0, 0.1) is 8.80 Å². The molecule has 2 heterocycles. The third kappa shape index (κ3) is 3.33. The Morgan fingerprint density at radius 3 is 2.76 bits per heavy atom. The number of Topliss-reactive ketones (excluding diaryl/α,β-unsaturated/α-hetero) is 1. The fourth-order valence-corrected chi connectivity index (χ4v) is 4.95. The van der Waals surface area contributed by atoms with Gasteiger partial charge < -0.3 is 4.90 Å². The first-order chi connectivity index (χ1) is 10.2. The highest BCUT2D eigenvalue weighted by molar-refractivity contribution is 14.1. The van der Waals surface area contributed by atoms with Crippen molar-refractivity contribution < 1.29 is 9.59 Å². The maximum absolute atomic E-state index is 12.8. The molecule has 0 N–H and O–H groups in total. The lowest BCUT2D eigenvalue weighted by atomic mass is 9.79. The van der Waals surface area contributed by atoms with E-state index in [-0.39, 0.29) is 17.9 Å². The Morgan fingerprint density at radius 1 is 1.24 bits per heavy atom.